The van der Waals surface area contributed by atoms with Crippen LogP contribution in [0.15, 0.2) is 12.1 Å². The van der Waals surface area contributed by atoms with Crippen molar-refractivity contribution in [1.29, 1.82) is 0 Å². The number of ether oxygens (including phenoxy) is 5. The van der Waals surface area contributed by atoms with Gasteiger partial charge in [0.2, 0.25) is 5.75 Å². The Hall–Kier alpha value is -1.79. The summed E-state index contributed by atoms with van der Waals surface area (Å²) in [5.41, 5.74) is 0.419. The molecule has 0 aliphatic heterocycles. The van der Waals surface area contributed by atoms with Gasteiger partial charge >= 0.3 is 0 Å². The summed E-state index contributed by atoms with van der Waals surface area (Å²) < 4.78 is 25.5. The van der Waals surface area contributed by atoms with E-state index in [1.54, 1.807) is 12.1 Å². The molecule has 0 saturated carbocycles. The van der Waals surface area contributed by atoms with Crippen molar-refractivity contribution in [3.05, 3.63) is 17.7 Å². The molecule has 6 nitrogen and oxygen atoms in total. The number of hydrogen-bond donors (Lipinski definition) is 0. The average Bonchev–Trinajstić information content (AvgIpc) is 2.42. The van der Waals surface area contributed by atoms with Crippen molar-refractivity contribution >= 4 is 6.29 Å². The van der Waals surface area contributed by atoms with Crippen LogP contribution in [0.5, 0.6) is 17.2 Å². The first-order valence-electron chi connectivity index (χ1n) is 5.17. The van der Waals surface area contributed by atoms with Crippen LogP contribution in [0.25, 0.3) is 0 Å². The molecule has 0 bridgehead atoms. The van der Waals surface area contributed by atoms with E-state index in [2.05, 4.69) is 0 Å². The smallest absolute Gasteiger partial charge is 0.206 e. The van der Waals surface area contributed by atoms with Crippen LogP contribution in [0.3, 0.4) is 0 Å². The van der Waals surface area contributed by atoms with E-state index in [0.29, 0.717) is 29.1 Å². The van der Waals surface area contributed by atoms with Gasteiger partial charge in [-0.1, -0.05) is 0 Å². The minimum Gasteiger partial charge on any atom is -0.493 e. The van der Waals surface area contributed by atoms with Crippen LogP contribution in [0.2, 0.25) is 0 Å². The average molecular weight is 256 g/mol. The molecule has 0 unspecified atom stereocenters. The normalized spacial score (nSPS) is 9.94. The van der Waals surface area contributed by atoms with Crippen molar-refractivity contribution in [3.8, 4) is 17.2 Å². The van der Waals surface area contributed by atoms with Gasteiger partial charge in [-0.15, -0.1) is 0 Å². The number of aldehydes is 1. The standard InChI is InChI=1S/C12H16O6/c1-14-7-17-11-5-9(6-13)4-10(16-3)12(11)18-8-15-2/h4-6H,7-8H2,1-3H3. The van der Waals surface area contributed by atoms with Crippen molar-refractivity contribution in [2.75, 3.05) is 34.9 Å². The summed E-state index contributed by atoms with van der Waals surface area (Å²) in [6.07, 6.45) is 0.697. The maximum absolute atomic E-state index is 10.8. The Bertz CT molecular complexity index is 390. The Labute approximate surface area is 105 Å². The van der Waals surface area contributed by atoms with Crippen LogP contribution in [-0.4, -0.2) is 41.2 Å². The zero-order valence-corrected chi connectivity index (χ0v) is 10.6. The Morgan fingerprint density at radius 2 is 1.61 bits per heavy atom. The second-order valence-electron chi connectivity index (χ2n) is 3.27. The summed E-state index contributed by atoms with van der Waals surface area (Å²) in [5, 5.41) is 0. The van der Waals surface area contributed by atoms with Gasteiger partial charge in [0.05, 0.1) is 7.11 Å². The molecule has 6 heteroatoms. The maximum Gasteiger partial charge on any atom is 0.206 e. The highest BCUT2D eigenvalue weighted by atomic mass is 16.7. The third-order valence-electron chi connectivity index (χ3n) is 2.05. The van der Waals surface area contributed by atoms with E-state index in [1.165, 1.54) is 21.3 Å². The minimum absolute atomic E-state index is 0.0365. The lowest BCUT2D eigenvalue weighted by molar-refractivity contribution is 0.0307. The Balaban J connectivity index is 3.09. The van der Waals surface area contributed by atoms with Gasteiger partial charge in [-0.2, -0.15) is 0 Å². The number of hydrogen-bond acceptors (Lipinski definition) is 6. The lowest BCUT2D eigenvalue weighted by Crippen LogP contribution is -2.06. The molecule has 0 spiro atoms. The predicted octanol–water partition coefficient (Wildman–Crippen LogP) is 1.47. The highest BCUT2D eigenvalue weighted by Gasteiger charge is 2.14. The van der Waals surface area contributed by atoms with Crippen LogP contribution in [-0.2, 0) is 9.47 Å². The molecule has 0 heterocycles. The van der Waals surface area contributed by atoms with Crippen LogP contribution in [0, 0.1) is 0 Å². The lowest BCUT2D eigenvalue weighted by Gasteiger charge is -2.15. The quantitative estimate of drug-likeness (QED) is 0.518. The van der Waals surface area contributed by atoms with E-state index in [9.17, 15) is 4.79 Å². The molecule has 0 fully saturated rings. The first-order chi connectivity index (χ1) is 8.76. The molecule has 0 saturated heterocycles. The van der Waals surface area contributed by atoms with Gasteiger partial charge in [0.1, 0.15) is 6.29 Å². The summed E-state index contributed by atoms with van der Waals surface area (Å²) in [6, 6.07) is 3.09. The first-order valence-corrected chi connectivity index (χ1v) is 5.17. The molecule has 0 atom stereocenters. The van der Waals surface area contributed by atoms with Crippen molar-refractivity contribution in [3.63, 3.8) is 0 Å². The van der Waals surface area contributed by atoms with E-state index >= 15 is 0 Å². The first kappa shape index (κ1) is 14.3. The molecule has 0 amide bonds. The number of benzene rings is 1. The predicted molar refractivity (Wildman–Crippen MR) is 63.4 cm³/mol. The van der Waals surface area contributed by atoms with Gasteiger partial charge in [0, 0.05) is 19.8 Å². The highest BCUT2D eigenvalue weighted by Crippen LogP contribution is 2.38. The lowest BCUT2D eigenvalue weighted by atomic mass is 10.2. The number of rotatable bonds is 8. The van der Waals surface area contributed by atoms with Gasteiger partial charge in [-0.25, -0.2) is 0 Å². The topological polar surface area (TPSA) is 63.2 Å². The van der Waals surface area contributed by atoms with Crippen molar-refractivity contribution < 1.29 is 28.5 Å². The monoisotopic (exact) mass is 256 g/mol. The molecule has 0 aromatic heterocycles. The van der Waals surface area contributed by atoms with Crippen LogP contribution in [0.4, 0.5) is 0 Å². The van der Waals surface area contributed by atoms with Crippen LogP contribution >= 0.6 is 0 Å². The fraction of sp³-hybridized carbons (Fsp3) is 0.417. The second kappa shape index (κ2) is 7.52. The van der Waals surface area contributed by atoms with Gasteiger partial charge < -0.3 is 23.7 Å². The van der Waals surface area contributed by atoms with E-state index in [-0.39, 0.29) is 13.6 Å². The Morgan fingerprint density at radius 1 is 1.00 bits per heavy atom. The number of methoxy groups -OCH3 is 3. The van der Waals surface area contributed by atoms with Gasteiger partial charge in [0.25, 0.3) is 0 Å². The SMILES string of the molecule is COCOc1cc(C=O)cc(OC)c1OCOC. The van der Waals surface area contributed by atoms with E-state index in [1.807, 2.05) is 0 Å². The molecule has 0 radical (unpaired) electrons. The zero-order valence-electron chi connectivity index (χ0n) is 10.6. The molecule has 0 aliphatic carbocycles. The summed E-state index contributed by atoms with van der Waals surface area (Å²) >= 11 is 0. The molecule has 100 valence electrons. The Kier molecular flexibility index (Phi) is 5.96. The fourth-order valence-corrected chi connectivity index (χ4v) is 1.31. The number of carbonyl (C=O) groups is 1. The van der Waals surface area contributed by atoms with Crippen molar-refractivity contribution in [1.82, 2.24) is 0 Å². The van der Waals surface area contributed by atoms with Crippen LogP contribution < -0.4 is 14.2 Å². The molecule has 0 N–H and O–H groups in total. The summed E-state index contributed by atoms with van der Waals surface area (Å²) in [4.78, 5) is 10.8. The summed E-state index contributed by atoms with van der Waals surface area (Å²) in [5.74, 6) is 1.11. The van der Waals surface area contributed by atoms with Gasteiger partial charge in [0.15, 0.2) is 25.1 Å². The molecule has 1 aromatic carbocycles. The molecule has 0 aliphatic rings. The van der Waals surface area contributed by atoms with E-state index in [4.69, 9.17) is 23.7 Å². The molecule has 1 aromatic rings. The zero-order chi connectivity index (χ0) is 13.4. The second-order valence-corrected chi connectivity index (χ2v) is 3.27. The third kappa shape index (κ3) is 3.61. The summed E-state index contributed by atoms with van der Waals surface area (Å²) in [6.45, 7) is 0.0783. The van der Waals surface area contributed by atoms with Crippen molar-refractivity contribution in [2.24, 2.45) is 0 Å². The molecular formula is C12H16O6. The van der Waals surface area contributed by atoms with E-state index in [0.717, 1.165) is 0 Å². The minimum atomic E-state index is 0.0365. The van der Waals surface area contributed by atoms with Crippen molar-refractivity contribution in [2.45, 2.75) is 0 Å². The number of carbonyl (C=O) groups excluding carboxylic acids is 1. The van der Waals surface area contributed by atoms with Crippen LogP contribution in [0.1, 0.15) is 10.4 Å². The van der Waals surface area contributed by atoms with E-state index < -0.39 is 0 Å². The Morgan fingerprint density at radius 3 is 2.17 bits per heavy atom. The summed E-state index contributed by atoms with van der Waals surface area (Å²) in [7, 11) is 4.47. The highest BCUT2D eigenvalue weighted by molar-refractivity contribution is 5.78. The molecule has 18 heavy (non-hydrogen) atoms. The largest absolute Gasteiger partial charge is 0.493 e. The van der Waals surface area contributed by atoms with Gasteiger partial charge in [-0.3, -0.25) is 4.79 Å². The van der Waals surface area contributed by atoms with Gasteiger partial charge in [-0.05, 0) is 12.1 Å². The third-order valence-corrected chi connectivity index (χ3v) is 2.05. The fourth-order valence-electron chi connectivity index (χ4n) is 1.31. The molecular weight excluding hydrogens is 240 g/mol. The molecule has 1 rings (SSSR count). The maximum atomic E-state index is 10.8.